The molecular formula is C7H5IN2. The van der Waals surface area contributed by atoms with E-state index in [0.29, 0.717) is 5.56 Å². The van der Waals surface area contributed by atoms with E-state index in [9.17, 15) is 0 Å². The first-order valence-corrected chi connectivity index (χ1v) is 3.84. The Balaban J connectivity index is 3.25. The summed E-state index contributed by atoms with van der Waals surface area (Å²) in [7, 11) is 0. The number of hydrogen-bond donors (Lipinski definition) is 0. The van der Waals surface area contributed by atoms with E-state index in [2.05, 4.69) is 33.6 Å². The number of nitriles is 1. The number of pyridine rings is 1. The van der Waals surface area contributed by atoms with Gasteiger partial charge in [-0.1, -0.05) is 0 Å². The number of hydrogen-bond acceptors (Lipinski definition) is 2. The van der Waals surface area contributed by atoms with E-state index in [4.69, 9.17) is 5.26 Å². The SMILES string of the molecule is Cc1cnc(I)cc1C#N. The molecule has 0 saturated carbocycles. The molecule has 0 bridgehead atoms. The van der Waals surface area contributed by atoms with E-state index in [1.165, 1.54) is 0 Å². The molecule has 10 heavy (non-hydrogen) atoms. The summed E-state index contributed by atoms with van der Waals surface area (Å²) in [6, 6.07) is 3.86. The molecule has 0 atom stereocenters. The van der Waals surface area contributed by atoms with Gasteiger partial charge in [0, 0.05) is 6.20 Å². The maximum absolute atomic E-state index is 8.56. The second-order valence-corrected chi connectivity index (χ2v) is 3.04. The van der Waals surface area contributed by atoms with Crippen LogP contribution in [0, 0.1) is 22.0 Å². The molecule has 50 valence electrons. The van der Waals surface area contributed by atoms with Crippen molar-refractivity contribution in [3.8, 4) is 6.07 Å². The molecule has 1 rings (SSSR count). The molecule has 0 amide bonds. The molecule has 0 unspecified atom stereocenters. The van der Waals surface area contributed by atoms with Crippen LogP contribution < -0.4 is 0 Å². The minimum absolute atomic E-state index is 0.708. The fourth-order valence-corrected chi connectivity index (χ4v) is 1.07. The zero-order valence-corrected chi connectivity index (χ0v) is 7.58. The van der Waals surface area contributed by atoms with Gasteiger partial charge in [-0.25, -0.2) is 4.98 Å². The average Bonchev–Trinajstić information content (AvgIpc) is 1.94. The Morgan fingerprint density at radius 1 is 1.70 bits per heavy atom. The third-order valence-corrected chi connectivity index (χ3v) is 1.78. The summed E-state index contributed by atoms with van der Waals surface area (Å²) in [6.07, 6.45) is 1.71. The van der Waals surface area contributed by atoms with E-state index in [1.807, 2.05) is 6.92 Å². The first-order chi connectivity index (χ1) is 4.74. The molecule has 1 aromatic rings. The van der Waals surface area contributed by atoms with Crippen LogP contribution in [0.4, 0.5) is 0 Å². The van der Waals surface area contributed by atoms with Crippen molar-refractivity contribution in [3.63, 3.8) is 0 Å². The number of aromatic nitrogens is 1. The molecule has 0 aliphatic heterocycles. The lowest BCUT2D eigenvalue weighted by molar-refractivity contribution is 1.21. The van der Waals surface area contributed by atoms with E-state index < -0.39 is 0 Å². The van der Waals surface area contributed by atoms with Gasteiger partial charge in [0.1, 0.15) is 3.70 Å². The lowest BCUT2D eigenvalue weighted by Crippen LogP contribution is -1.86. The van der Waals surface area contributed by atoms with Crippen LogP contribution in [0.3, 0.4) is 0 Å². The number of halogens is 1. The highest BCUT2D eigenvalue weighted by atomic mass is 127. The van der Waals surface area contributed by atoms with Crippen LogP contribution in [0.25, 0.3) is 0 Å². The molecule has 0 N–H and O–H groups in total. The minimum Gasteiger partial charge on any atom is -0.250 e. The zero-order chi connectivity index (χ0) is 7.56. The number of rotatable bonds is 0. The summed E-state index contributed by atoms with van der Waals surface area (Å²) in [5.41, 5.74) is 1.64. The summed E-state index contributed by atoms with van der Waals surface area (Å²) in [4.78, 5) is 4.02. The summed E-state index contributed by atoms with van der Waals surface area (Å²) in [5.74, 6) is 0. The van der Waals surface area contributed by atoms with Crippen molar-refractivity contribution in [2.75, 3.05) is 0 Å². The highest BCUT2D eigenvalue weighted by Gasteiger charge is 1.96. The van der Waals surface area contributed by atoms with E-state index in [1.54, 1.807) is 12.3 Å². The molecule has 2 nitrogen and oxygen atoms in total. The van der Waals surface area contributed by atoms with Gasteiger partial charge in [0.15, 0.2) is 0 Å². The van der Waals surface area contributed by atoms with E-state index in [-0.39, 0.29) is 0 Å². The van der Waals surface area contributed by atoms with Crippen molar-refractivity contribution < 1.29 is 0 Å². The van der Waals surface area contributed by atoms with Crippen LogP contribution in [-0.2, 0) is 0 Å². The smallest absolute Gasteiger partial charge is 0.102 e. The normalized spacial score (nSPS) is 8.90. The number of nitrogens with zero attached hydrogens (tertiary/aromatic N) is 2. The summed E-state index contributed by atoms with van der Waals surface area (Å²) < 4.78 is 0.861. The maximum atomic E-state index is 8.56. The van der Waals surface area contributed by atoms with Gasteiger partial charge >= 0.3 is 0 Å². The second-order valence-electron chi connectivity index (χ2n) is 1.93. The largest absolute Gasteiger partial charge is 0.250 e. The predicted octanol–water partition coefficient (Wildman–Crippen LogP) is 1.87. The third-order valence-electron chi connectivity index (χ3n) is 1.19. The molecule has 1 aromatic heterocycles. The van der Waals surface area contributed by atoms with Gasteiger partial charge in [0.05, 0.1) is 11.6 Å². The first-order valence-electron chi connectivity index (χ1n) is 2.76. The Labute approximate surface area is 73.0 Å². The van der Waals surface area contributed by atoms with Gasteiger partial charge in [-0.2, -0.15) is 5.26 Å². The van der Waals surface area contributed by atoms with Crippen molar-refractivity contribution in [2.45, 2.75) is 6.92 Å². The van der Waals surface area contributed by atoms with Crippen LogP contribution in [0.15, 0.2) is 12.3 Å². The van der Waals surface area contributed by atoms with Crippen LogP contribution in [0.2, 0.25) is 0 Å². The second kappa shape index (κ2) is 2.97. The Morgan fingerprint density at radius 2 is 2.40 bits per heavy atom. The molecule has 0 aliphatic carbocycles. The Bertz CT molecular complexity index is 288. The van der Waals surface area contributed by atoms with Gasteiger partial charge in [-0.05, 0) is 41.1 Å². The minimum atomic E-state index is 0.708. The highest BCUT2D eigenvalue weighted by Crippen LogP contribution is 2.07. The van der Waals surface area contributed by atoms with Gasteiger partial charge < -0.3 is 0 Å². The maximum Gasteiger partial charge on any atom is 0.102 e. The number of aryl methyl sites for hydroxylation is 1. The molecular weight excluding hydrogens is 239 g/mol. The zero-order valence-electron chi connectivity index (χ0n) is 5.43. The van der Waals surface area contributed by atoms with Gasteiger partial charge in [0.25, 0.3) is 0 Å². The van der Waals surface area contributed by atoms with Crippen molar-refractivity contribution in [3.05, 3.63) is 27.1 Å². The quantitative estimate of drug-likeness (QED) is 0.516. The van der Waals surface area contributed by atoms with Gasteiger partial charge in [-0.3, -0.25) is 0 Å². The highest BCUT2D eigenvalue weighted by molar-refractivity contribution is 14.1. The standard InChI is InChI=1S/C7H5IN2/c1-5-4-10-7(8)2-6(5)3-9/h2,4H,1H3. The fraction of sp³-hybridized carbons (Fsp3) is 0.143. The third kappa shape index (κ3) is 1.45. The van der Waals surface area contributed by atoms with Gasteiger partial charge in [-0.15, -0.1) is 0 Å². The Morgan fingerprint density at radius 3 is 2.90 bits per heavy atom. The van der Waals surface area contributed by atoms with Crippen LogP contribution in [-0.4, -0.2) is 4.98 Å². The summed E-state index contributed by atoms with van der Waals surface area (Å²) in [5, 5.41) is 8.56. The molecule has 1 heterocycles. The fourth-order valence-electron chi connectivity index (χ4n) is 0.619. The van der Waals surface area contributed by atoms with Crippen molar-refractivity contribution in [1.82, 2.24) is 4.98 Å². The topological polar surface area (TPSA) is 36.7 Å². The lowest BCUT2D eigenvalue weighted by atomic mass is 10.2. The molecule has 0 fully saturated rings. The van der Waals surface area contributed by atoms with Crippen molar-refractivity contribution >= 4 is 22.6 Å². The Kier molecular flexibility index (Phi) is 2.22. The average molecular weight is 244 g/mol. The van der Waals surface area contributed by atoms with Crippen LogP contribution >= 0.6 is 22.6 Å². The summed E-state index contributed by atoms with van der Waals surface area (Å²) in [6.45, 7) is 1.88. The van der Waals surface area contributed by atoms with E-state index in [0.717, 1.165) is 9.26 Å². The van der Waals surface area contributed by atoms with E-state index >= 15 is 0 Å². The predicted molar refractivity (Wildman–Crippen MR) is 46.4 cm³/mol. The molecule has 0 aliphatic rings. The molecule has 3 heteroatoms. The Hall–Kier alpha value is -0.630. The monoisotopic (exact) mass is 244 g/mol. The molecule has 0 spiro atoms. The first kappa shape index (κ1) is 7.48. The van der Waals surface area contributed by atoms with Gasteiger partial charge in [0.2, 0.25) is 0 Å². The lowest BCUT2D eigenvalue weighted by Gasteiger charge is -1.94. The van der Waals surface area contributed by atoms with Crippen LogP contribution in [0.1, 0.15) is 11.1 Å². The van der Waals surface area contributed by atoms with Crippen molar-refractivity contribution in [1.29, 1.82) is 5.26 Å². The summed E-state index contributed by atoms with van der Waals surface area (Å²) >= 11 is 2.08. The molecule has 0 aromatic carbocycles. The van der Waals surface area contributed by atoms with Crippen molar-refractivity contribution in [2.24, 2.45) is 0 Å². The molecule has 0 saturated heterocycles. The molecule has 0 radical (unpaired) electrons. The van der Waals surface area contributed by atoms with Crippen LogP contribution in [0.5, 0.6) is 0 Å².